The molecular weight excluding hydrogens is 320 g/mol. The van der Waals surface area contributed by atoms with Gasteiger partial charge >= 0.3 is 0 Å². The van der Waals surface area contributed by atoms with Crippen LogP contribution in [-0.2, 0) is 9.63 Å². The predicted octanol–water partition coefficient (Wildman–Crippen LogP) is 1.30. The third kappa shape index (κ3) is 3.30. The summed E-state index contributed by atoms with van der Waals surface area (Å²) in [5.41, 5.74) is 0. The second kappa shape index (κ2) is 7.17. The first kappa shape index (κ1) is 16.6. The summed E-state index contributed by atoms with van der Waals surface area (Å²) in [6, 6.07) is 3.77. The van der Waals surface area contributed by atoms with Crippen molar-refractivity contribution in [2.24, 2.45) is 0 Å². The Morgan fingerprint density at radius 1 is 1.32 bits per heavy atom. The van der Waals surface area contributed by atoms with Crippen LogP contribution < -0.4 is 9.64 Å². The molecule has 2 atom stereocenters. The third-order valence-corrected chi connectivity index (χ3v) is 5.27. The molecule has 2 unspecified atom stereocenters. The van der Waals surface area contributed by atoms with E-state index in [1.165, 1.54) is 17.9 Å². The minimum absolute atomic E-state index is 0.0716. The molecule has 0 bridgehead atoms. The molecule has 7 nitrogen and oxygen atoms in total. The van der Waals surface area contributed by atoms with E-state index >= 15 is 0 Å². The Kier molecular flexibility index (Phi) is 4.76. The van der Waals surface area contributed by atoms with E-state index in [1.807, 2.05) is 25.3 Å². The van der Waals surface area contributed by atoms with E-state index in [0.29, 0.717) is 13.2 Å². The lowest BCUT2D eigenvalue weighted by atomic mass is 10.2. The second-order valence-electron chi connectivity index (χ2n) is 6.89. The zero-order valence-corrected chi connectivity index (χ0v) is 14.8. The van der Waals surface area contributed by atoms with E-state index in [2.05, 4.69) is 14.8 Å². The molecule has 3 aliphatic rings. The van der Waals surface area contributed by atoms with Gasteiger partial charge in [0.25, 0.3) is 5.91 Å². The number of amides is 1. The lowest BCUT2D eigenvalue weighted by Crippen LogP contribution is -2.42. The van der Waals surface area contributed by atoms with E-state index in [4.69, 9.17) is 9.57 Å². The van der Waals surface area contributed by atoms with Crippen molar-refractivity contribution in [3.8, 4) is 5.75 Å². The number of carbonyl (C=O) groups excluding carboxylic acids is 1. The molecule has 4 heterocycles. The Balaban J connectivity index is 1.39. The van der Waals surface area contributed by atoms with Gasteiger partial charge in [0.15, 0.2) is 11.6 Å². The summed E-state index contributed by atoms with van der Waals surface area (Å²) in [4.78, 5) is 26.8. The summed E-state index contributed by atoms with van der Waals surface area (Å²) in [6.07, 6.45) is 5.27. The van der Waals surface area contributed by atoms with Gasteiger partial charge in [0.05, 0.1) is 6.61 Å². The van der Waals surface area contributed by atoms with Gasteiger partial charge in [-0.25, -0.2) is 10.0 Å². The predicted molar refractivity (Wildman–Crippen MR) is 93.4 cm³/mol. The second-order valence-corrected chi connectivity index (χ2v) is 6.89. The molecule has 0 N–H and O–H groups in total. The van der Waals surface area contributed by atoms with Crippen LogP contribution in [0.5, 0.6) is 5.75 Å². The van der Waals surface area contributed by atoms with Crippen LogP contribution in [0.1, 0.15) is 26.2 Å². The molecule has 3 fully saturated rings. The Hall–Kier alpha value is -1.86. The largest absolute Gasteiger partial charge is 0.485 e. The van der Waals surface area contributed by atoms with Gasteiger partial charge in [-0.2, -0.15) is 0 Å². The van der Waals surface area contributed by atoms with Gasteiger partial charge in [-0.3, -0.25) is 14.5 Å². The fourth-order valence-electron chi connectivity index (χ4n) is 3.92. The average Bonchev–Trinajstić information content (AvgIpc) is 3.36. The summed E-state index contributed by atoms with van der Waals surface area (Å²) in [6.45, 7) is 6.69. The van der Waals surface area contributed by atoms with Crippen LogP contribution in [0.25, 0.3) is 0 Å². The van der Waals surface area contributed by atoms with Crippen LogP contribution in [-0.4, -0.2) is 72.3 Å². The van der Waals surface area contributed by atoms with Crippen molar-refractivity contribution in [3.63, 3.8) is 0 Å². The van der Waals surface area contributed by atoms with Gasteiger partial charge in [0, 0.05) is 38.9 Å². The SMILES string of the molecule is CCN1OCC(N2CCC(Oc3cccnc3N3CCCC3)C2)C1=O. The molecule has 1 amide bonds. The standard InChI is InChI=1S/C18H26N4O3/c1-2-22-18(23)15(13-24-22)21-11-7-14(12-21)25-16-6-5-8-19-17(16)20-9-3-4-10-20/h5-6,8,14-15H,2-4,7,9-13H2,1H3. The van der Waals surface area contributed by atoms with Crippen LogP contribution in [0, 0.1) is 0 Å². The van der Waals surface area contributed by atoms with E-state index in [-0.39, 0.29) is 18.1 Å². The van der Waals surface area contributed by atoms with Crippen LogP contribution >= 0.6 is 0 Å². The number of likely N-dealkylation sites (tertiary alicyclic amines) is 1. The van der Waals surface area contributed by atoms with Crippen molar-refractivity contribution in [2.45, 2.75) is 38.3 Å². The maximum atomic E-state index is 12.3. The van der Waals surface area contributed by atoms with Gasteiger partial charge < -0.3 is 9.64 Å². The molecule has 1 aromatic rings. The van der Waals surface area contributed by atoms with Crippen molar-refractivity contribution < 1.29 is 14.4 Å². The third-order valence-electron chi connectivity index (χ3n) is 5.27. The first-order valence-corrected chi connectivity index (χ1v) is 9.31. The van der Waals surface area contributed by atoms with E-state index in [9.17, 15) is 4.79 Å². The molecule has 7 heteroatoms. The van der Waals surface area contributed by atoms with Crippen LogP contribution in [0.15, 0.2) is 18.3 Å². The fraction of sp³-hybridized carbons (Fsp3) is 0.667. The smallest absolute Gasteiger partial charge is 0.265 e. The fourth-order valence-corrected chi connectivity index (χ4v) is 3.92. The Morgan fingerprint density at radius 2 is 2.16 bits per heavy atom. The normalized spacial score (nSPS) is 27.5. The van der Waals surface area contributed by atoms with Gasteiger partial charge in [0.1, 0.15) is 12.1 Å². The lowest BCUT2D eigenvalue weighted by molar-refractivity contribution is -0.160. The van der Waals surface area contributed by atoms with Crippen LogP contribution in [0.2, 0.25) is 0 Å². The van der Waals surface area contributed by atoms with Gasteiger partial charge in [-0.15, -0.1) is 0 Å². The summed E-state index contributed by atoms with van der Waals surface area (Å²) in [5.74, 6) is 1.89. The Morgan fingerprint density at radius 3 is 2.92 bits per heavy atom. The average molecular weight is 346 g/mol. The summed E-state index contributed by atoms with van der Waals surface area (Å²) in [7, 11) is 0. The first-order chi connectivity index (χ1) is 12.3. The van der Waals surface area contributed by atoms with Crippen molar-refractivity contribution >= 4 is 11.7 Å². The number of ether oxygens (including phenoxy) is 1. The monoisotopic (exact) mass is 346 g/mol. The maximum Gasteiger partial charge on any atom is 0.265 e. The van der Waals surface area contributed by atoms with Crippen LogP contribution in [0.4, 0.5) is 5.82 Å². The summed E-state index contributed by atoms with van der Waals surface area (Å²) >= 11 is 0. The number of rotatable bonds is 5. The molecule has 25 heavy (non-hydrogen) atoms. The first-order valence-electron chi connectivity index (χ1n) is 9.31. The number of pyridine rings is 1. The highest BCUT2D eigenvalue weighted by Gasteiger charge is 2.40. The molecule has 0 aromatic carbocycles. The minimum atomic E-state index is -0.166. The van der Waals surface area contributed by atoms with E-state index < -0.39 is 0 Å². The quantitative estimate of drug-likeness (QED) is 0.801. The number of anilines is 1. The number of hydrogen-bond acceptors (Lipinski definition) is 6. The molecule has 1 aromatic heterocycles. The molecule has 0 saturated carbocycles. The molecule has 0 spiro atoms. The Labute approximate surface area is 148 Å². The number of hydrogen-bond donors (Lipinski definition) is 0. The zero-order chi connectivity index (χ0) is 17.2. The minimum Gasteiger partial charge on any atom is -0.485 e. The van der Waals surface area contributed by atoms with Crippen molar-refractivity contribution in [1.29, 1.82) is 0 Å². The number of hydroxylamine groups is 2. The van der Waals surface area contributed by atoms with Crippen molar-refractivity contribution in [3.05, 3.63) is 18.3 Å². The van der Waals surface area contributed by atoms with Gasteiger partial charge in [-0.05, 0) is 38.3 Å². The molecule has 3 aliphatic heterocycles. The van der Waals surface area contributed by atoms with Gasteiger partial charge in [0.2, 0.25) is 0 Å². The lowest BCUT2D eigenvalue weighted by Gasteiger charge is -2.23. The molecular formula is C18H26N4O3. The summed E-state index contributed by atoms with van der Waals surface area (Å²) in [5, 5.41) is 1.46. The molecule has 0 aliphatic carbocycles. The van der Waals surface area contributed by atoms with Crippen molar-refractivity contribution in [2.75, 3.05) is 44.2 Å². The molecule has 3 saturated heterocycles. The van der Waals surface area contributed by atoms with E-state index in [0.717, 1.165) is 44.2 Å². The van der Waals surface area contributed by atoms with E-state index in [1.54, 1.807) is 0 Å². The Bertz CT molecular complexity index is 620. The molecule has 4 rings (SSSR count). The number of nitrogens with zero attached hydrogens (tertiary/aromatic N) is 4. The molecule has 0 radical (unpaired) electrons. The highest BCUT2D eigenvalue weighted by molar-refractivity contribution is 5.82. The topological polar surface area (TPSA) is 58.1 Å². The highest BCUT2D eigenvalue weighted by Crippen LogP contribution is 2.31. The van der Waals surface area contributed by atoms with Gasteiger partial charge in [-0.1, -0.05) is 0 Å². The summed E-state index contributed by atoms with van der Waals surface area (Å²) < 4.78 is 6.29. The van der Waals surface area contributed by atoms with Crippen molar-refractivity contribution in [1.82, 2.24) is 14.9 Å². The number of carbonyl (C=O) groups is 1. The van der Waals surface area contributed by atoms with Crippen LogP contribution in [0.3, 0.4) is 0 Å². The zero-order valence-electron chi connectivity index (χ0n) is 14.8. The number of likely N-dealkylation sites (N-methyl/N-ethyl adjacent to an activating group) is 1. The number of aromatic nitrogens is 1. The maximum absolute atomic E-state index is 12.3. The highest BCUT2D eigenvalue weighted by atomic mass is 16.7. The molecule has 136 valence electrons.